The van der Waals surface area contributed by atoms with Gasteiger partial charge in [-0.2, -0.15) is 0 Å². The minimum atomic E-state index is -0.596. The molecule has 1 aromatic carbocycles. The summed E-state index contributed by atoms with van der Waals surface area (Å²) >= 11 is 0. The molecule has 2 aromatic rings. The molecule has 3 rings (SSSR count). The second-order valence-corrected chi connectivity index (χ2v) is 6.54. The van der Waals surface area contributed by atoms with Crippen LogP contribution in [0.15, 0.2) is 53.1 Å². The third kappa shape index (κ3) is 3.82. The lowest BCUT2D eigenvalue weighted by Gasteiger charge is -2.37. The molecule has 0 radical (unpaired) electrons. The van der Waals surface area contributed by atoms with Crippen molar-refractivity contribution >= 4 is 11.7 Å². The number of rotatable bonds is 6. The molecule has 1 aliphatic heterocycles. The van der Waals surface area contributed by atoms with Crippen LogP contribution in [-0.4, -0.2) is 30.9 Å². The van der Waals surface area contributed by atoms with Gasteiger partial charge in [0.15, 0.2) is 11.5 Å². The second kappa shape index (κ2) is 7.66. The highest BCUT2D eigenvalue weighted by Crippen LogP contribution is 2.35. The molecule has 1 aliphatic rings. The lowest BCUT2D eigenvalue weighted by Crippen LogP contribution is -2.50. The first-order valence-electron chi connectivity index (χ1n) is 8.63. The Balaban J connectivity index is 1.71. The van der Waals surface area contributed by atoms with Crippen molar-refractivity contribution in [3.05, 3.63) is 60.1 Å². The van der Waals surface area contributed by atoms with E-state index in [1.807, 2.05) is 37.3 Å². The fraction of sp³-hybridized carbons (Fsp3) is 0.400. The van der Waals surface area contributed by atoms with Crippen molar-refractivity contribution in [3.63, 3.8) is 0 Å². The summed E-state index contributed by atoms with van der Waals surface area (Å²) in [6.45, 7) is 2.96. The molecule has 1 aromatic heterocycles. The molecule has 1 atom stereocenters. The molecule has 5 heteroatoms. The van der Waals surface area contributed by atoms with Gasteiger partial charge in [-0.15, -0.1) is 0 Å². The molecular weight excluding hydrogens is 318 g/mol. The van der Waals surface area contributed by atoms with E-state index in [4.69, 9.17) is 9.15 Å². The first-order chi connectivity index (χ1) is 12.1. The molecule has 1 saturated heterocycles. The maximum absolute atomic E-state index is 13.1. The molecule has 0 spiro atoms. The summed E-state index contributed by atoms with van der Waals surface area (Å²) in [4.78, 5) is 25.3. The SMILES string of the molecule is C[C@@H](CC(=O)c1ccco1)NC(=O)C1(c2ccccc2)CCOCC1. The average Bonchev–Trinajstić information content (AvgIpc) is 3.17. The van der Waals surface area contributed by atoms with Crippen LogP contribution in [-0.2, 0) is 14.9 Å². The average molecular weight is 341 g/mol. The Morgan fingerprint density at radius 2 is 1.84 bits per heavy atom. The monoisotopic (exact) mass is 341 g/mol. The van der Waals surface area contributed by atoms with E-state index in [0.717, 1.165) is 5.56 Å². The lowest BCUT2D eigenvalue weighted by atomic mass is 9.73. The lowest BCUT2D eigenvalue weighted by molar-refractivity contribution is -0.131. The number of amides is 1. The van der Waals surface area contributed by atoms with Crippen LogP contribution >= 0.6 is 0 Å². The van der Waals surface area contributed by atoms with Crippen LogP contribution < -0.4 is 5.32 Å². The molecule has 2 heterocycles. The Kier molecular flexibility index (Phi) is 5.34. The van der Waals surface area contributed by atoms with Gasteiger partial charge in [-0.25, -0.2) is 0 Å². The number of nitrogens with one attached hydrogen (secondary N) is 1. The zero-order valence-corrected chi connectivity index (χ0v) is 14.4. The van der Waals surface area contributed by atoms with E-state index in [1.165, 1.54) is 6.26 Å². The van der Waals surface area contributed by atoms with Crippen LogP contribution in [0.5, 0.6) is 0 Å². The van der Waals surface area contributed by atoms with Crippen molar-refractivity contribution in [2.24, 2.45) is 0 Å². The van der Waals surface area contributed by atoms with Gasteiger partial charge in [-0.3, -0.25) is 9.59 Å². The van der Waals surface area contributed by atoms with E-state index < -0.39 is 5.41 Å². The van der Waals surface area contributed by atoms with E-state index in [2.05, 4.69) is 5.32 Å². The van der Waals surface area contributed by atoms with Crippen molar-refractivity contribution in [3.8, 4) is 0 Å². The quantitative estimate of drug-likeness (QED) is 0.820. The fourth-order valence-corrected chi connectivity index (χ4v) is 3.35. The Morgan fingerprint density at radius 1 is 1.12 bits per heavy atom. The van der Waals surface area contributed by atoms with Crippen molar-refractivity contribution in [2.45, 2.75) is 37.6 Å². The van der Waals surface area contributed by atoms with Crippen LogP contribution in [0.1, 0.15) is 42.3 Å². The van der Waals surface area contributed by atoms with Crippen LogP contribution in [0.3, 0.4) is 0 Å². The minimum Gasteiger partial charge on any atom is -0.461 e. The summed E-state index contributed by atoms with van der Waals surface area (Å²) < 4.78 is 10.6. The van der Waals surface area contributed by atoms with Crippen molar-refractivity contribution in [1.29, 1.82) is 0 Å². The number of carbonyl (C=O) groups excluding carboxylic acids is 2. The zero-order valence-electron chi connectivity index (χ0n) is 14.4. The summed E-state index contributed by atoms with van der Waals surface area (Å²) in [6, 6.07) is 12.9. The summed E-state index contributed by atoms with van der Waals surface area (Å²) in [6.07, 6.45) is 2.97. The second-order valence-electron chi connectivity index (χ2n) is 6.54. The van der Waals surface area contributed by atoms with Gasteiger partial charge in [0.1, 0.15) is 0 Å². The Hall–Kier alpha value is -2.40. The van der Waals surface area contributed by atoms with Gasteiger partial charge < -0.3 is 14.5 Å². The highest BCUT2D eigenvalue weighted by molar-refractivity contribution is 5.94. The van der Waals surface area contributed by atoms with Crippen LogP contribution in [0, 0.1) is 0 Å². The van der Waals surface area contributed by atoms with Gasteiger partial charge in [0.25, 0.3) is 0 Å². The smallest absolute Gasteiger partial charge is 0.231 e. The number of Topliss-reactive ketones (excluding diaryl/α,β-unsaturated/α-hetero) is 1. The Bertz CT molecular complexity index is 703. The normalized spacial score (nSPS) is 17.6. The number of hydrogen-bond donors (Lipinski definition) is 1. The van der Waals surface area contributed by atoms with E-state index in [0.29, 0.717) is 31.8 Å². The third-order valence-electron chi connectivity index (χ3n) is 4.77. The predicted molar refractivity (Wildman–Crippen MR) is 93.4 cm³/mol. The Labute approximate surface area is 147 Å². The van der Waals surface area contributed by atoms with E-state index >= 15 is 0 Å². The molecule has 0 saturated carbocycles. The number of furan rings is 1. The molecule has 132 valence electrons. The van der Waals surface area contributed by atoms with Crippen molar-refractivity contribution in [2.75, 3.05) is 13.2 Å². The van der Waals surface area contributed by atoms with Gasteiger partial charge in [0.2, 0.25) is 5.91 Å². The first-order valence-corrected chi connectivity index (χ1v) is 8.63. The van der Waals surface area contributed by atoms with E-state index in [-0.39, 0.29) is 24.2 Å². The zero-order chi connectivity index (χ0) is 17.7. The number of ketones is 1. The van der Waals surface area contributed by atoms with Gasteiger partial charge in [-0.1, -0.05) is 30.3 Å². The van der Waals surface area contributed by atoms with Gasteiger partial charge in [0, 0.05) is 25.7 Å². The fourth-order valence-electron chi connectivity index (χ4n) is 3.35. The molecular formula is C20H23NO4. The standard InChI is InChI=1S/C20H23NO4/c1-15(14-17(22)18-8-5-11-25-18)21-19(23)20(9-12-24-13-10-20)16-6-3-2-4-7-16/h2-8,11,15H,9-10,12-14H2,1H3,(H,21,23)/t15-/m0/s1. The maximum Gasteiger partial charge on any atom is 0.231 e. The van der Waals surface area contributed by atoms with Crippen LogP contribution in [0.25, 0.3) is 0 Å². The van der Waals surface area contributed by atoms with Gasteiger partial charge in [-0.05, 0) is 37.5 Å². The summed E-state index contributed by atoms with van der Waals surface area (Å²) in [5.74, 6) is 0.172. The number of ether oxygens (including phenoxy) is 1. The van der Waals surface area contributed by atoms with Crippen molar-refractivity contribution in [1.82, 2.24) is 5.32 Å². The largest absolute Gasteiger partial charge is 0.461 e. The molecule has 1 amide bonds. The summed E-state index contributed by atoms with van der Waals surface area (Å²) in [5, 5.41) is 3.02. The predicted octanol–water partition coefficient (Wildman–Crippen LogP) is 3.11. The Morgan fingerprint density at radius 3 is 2.48 bits per heavy atom. The summed E-state index contributed by atoms with van der Waals surface area (Å²) in [7, 11) is 0. The number of hydrogen-bond acceptors (Lipinski definition) is 4. The first kappa shape index (κ1) is 17.4. The van der Waals surface area contributed by atoms with Crippen LogP contribution in [0.4, 0.5) is 0 Å². The molecule has 1 fully saturated rings. The highest BCUT2D eigenvalue weighted by Gasteiger charge is 2.42. The number of benzene rings is 1. The highest BCUT2D eigenvalue weighted by atomic mass is 16.5. The molecule has 0 bridgehead atoms. The van der Waals surface area contributed by atoms with Gasteiger partial charge >= 0.3 is 0 Å². The topological polar surface area (TPSA) is 68.5 Å². The maximum atomic E-state index is 13.1. The number of carbonyl (C=O) groups is 2. The molecule has 0 aliphatic carbocycles. The minimum absolute atomic E-state index is 0.0401. The van der Waals surface area contributed by atoms with Crippen molar-refractivity contribution < 1.29 is 18.7 Å². The van der Waals surface area contributed by atoms with Gasteiger partial charge in [0.05, 0.1) is 11.7 Å². The molecule has 1 N–H and O–H groups in total. The third-order valence-corrected chi connectivity index (χ3v) is 4.77. The summed E-state index contributed by atoms with van der Waals surface area (Å²) in [5.41, 5.74) is 0.405. The van der Waals surface area contributed by atoms with Crippen LogP contribution in [0.2, 0.25) is 0 Å². The molecule has 25 heavy (non-hydrogen) atoms. The van der Waals surface area contributed by atoms with E-state index in [9.17, 15) is 9.59 Å². The molecule has 5 nitrogen and oxygen atoms in total. The molecule has 0 unspecified atom stereocenters. The van der Waals surface area contributed by atoms with E-state index in [1.54, 1.807) is 12.1 Å².